The second-order valence-electron chi connectivity index (χ2n) is 7.48. The number of hydrogen-bond acceptors (Lipinski definition) is 1. The minimum absolute atomic E-state index is 0.0399. The van der Waals surface area contributed by atoms with Crippen LogP contribution >= 0.6 is 0 Å². The Morgan fingerprint density at radius 2 is 1.68 bits per heavy atom. The van der Waals surface area contributed by atoms with Crippen molar-refractivity contribution in [3.63, 3.8) is 0 Å². The van der Waals surface area contributed by atoms with Crippen molar-refractivity contribution < 1.29 is 4.79 Å². The number of benzene rings is 2. The Morgan fingerprint density at radius 3 is 2.36 bits per heavy atom. The number of amides is 2. The van der Waals surface area contributed by atoms with Crippen LogP contribution in [0, 0.1) is 6.92 Å². The van der Waals surface area contributed by atoms with E-state index < -0.39 is 0 Å². The fourth-order valence-electron chi connectivity index (χ4n) is 3.18. The molecular weight excluding hydrogens is 346 g/mol. The van der Waals surface area contributed by atoms with E-state index in [1.807, 2.05) is 41.3 Å². The molecule has 0 saturated carbocycles. The summed E-state index contributed by atoms with van der Waals surface area (Å²) in [7, 11) is 0. The number of rotatable bonds is 7. The van der Waals surface area contributed by atoms with Crippen molar-refractivity contribution in [2.75, 3.05) is 0 Å². The lowest BCUT2D eigenvalue weighted by molar-refractivity contribution is 0.177. The van der Waals surface area contributed by atoms with E-state index in [0.717, 1.165) is 17.8 Å². The highest BCUT2D eigenvalue weighted by molar-refractivity contribution is 5.74. The first-order valence-electron chi connectivity index (χ1n) is 9.81. The summed E-state index contributed by atoms with van der Waals surface area (Å²) in [6.07, 6.45) is 2.08. The molecule has 1 aromatic heterocycles. The molecule has 0 atom stereocenters. The molecule has 146 valence electrons. The monoisotopic (exact) mass is 375 g/mol. The molecule has 0 fully saturated rings. The van der Waals surface area contributed by atoms with E-state index in [-0.39, 0.29) is 12.1 Å². The molecule has 0 unspecified atom stereocenters. The van der Waals surface area contributed by atoms with Crippen LogP contribution in [0.2, 0.25) is 0 Å². The van der Waals surface area contributed by atoms with Crippen molar-refractivity contribution >= 4 is 6.03 Å². The average Bonchev–Trinajstić information content (AvgIpc) is 3.13. The maximum Gasteiger partial charge on any atom is 0.318 e. The van der Waals surface area contributed by atoms with Gasteiger partial charge in [0.25, 0.3) is 0 Å². The van der Waals surface area contributed by atoms with Crippen LogP contribution in [0.25, 0.3) is 0 Å². The van der Waals surface area contributed by atoms with E-state index in [2.05, 4.69) is 67.2 Å². The second-order valence-corrected chi connectivity index (χ2v) is 7.48. The summed E-state index contributed by atoms with van der Waals surface area (Å²) in [6.45, 7) is 8.12. The summed E-state index contributed by atoms with van der Waals surface area (Å²) in [4.78, 5) is 14.7. The van der Waals surface area contributed by atoms with Gasteiger partial charge in [0.1, 0.15) is 0 Å². The molecule has 4 heteroatoms. The van der Waals surface area contributed by atoms with Crippen molar-refractivity contribution in [2.24, 2.45) is 0 Å². The molecule has 2 amide bonds. The molecule has 0 aliphatic rings. The molecule has 0 bridgehead atoms. The Balaban J connectivity index is 1.66. The van der Waals surface area contributed by atoms with E-state index in [0.29, 0.717) is 13.1 Å². The second kappa shape index (κ2) is 9.27. The van der Waals surface area contributed by atoms with Crippen LogP contribution < -0.4 is 5.32 Å². The van der Waals surface area contributed by atoms with Gasteiger partial charge in [-0.15, -0.1) is 0 Å². The molecule has 3 aromatic rings. The maximum atomic E-state index is 12.8. The number of nitrogens with zero attached hydrogens (tertiary/aromatic N) is 2. The third kappa shape index (κ3) is 5.26. The number of aryl methyl sites for hydroxylation is 1. The summed E-state index contributed by atoms with van der Waals surface area (Å²) in [5.74, 6) is 0. The number of carbonyl (C=O) groups excluding carboxylic acids is 1. The molecule has 4 nitrogen and oxygen atoms in total. The van der Waals surface area contributed by atoms with Gasteiger partial charge in [-0.05, 0) is 44.0 Å². The van der Waals surface area contributed by atoms with Gasteiger partial charge in [0, 0.05) is 31.0 Å². The first-order valence-corrected chi connectivity index (χ1v) is 9.81. The number of nitrogens with one attached hydrogen (secondary N) is 1. The normalized spacial score (nSPS) is 10.9. The predicted molar refractivity (Wildman–Crippen MR) is 114 cm³/mol. The highest BCUT2D eigenvalue weighted by Crippen LogP contribution is 2.13. The van der Waals surface area contributed by atoms with Gasteiger partial charge in [0.2, 0.25) is 0 Å². The Morgan fingerprint density at radius 1 is 0.964 bits per heavy atom. The van der Waals surface area contributed by atoms with E-state index in [1.165, 1.54) is 11.1 Å². The minimum atomic E-state index is -0.0399. The molecule has 2 aromatic carbocycles. The summed E-state index contributed by atoms with van der Waals surface area (Å²) in [6, 6.07) is 22.8. The predicted octanol–water partition coefficient (Wildman–Crippen LogP) is 4.97. The maximum absolute atomic E-state index is 12.8. The Bertz CT molecular complexity index is 882. The zero-order valence-corrected chi connectivity index (χ0v) is 16.9. The van der Waals surface area contributed by atoms with Crippen LogP contribution in [0.15, 0.2) is 72.9 Å². The van der Waals surface area contributed by atoms with E-state index in [1.54, 1.807) is 0 Å². The van der Waals surface area contributed by atoms with Gasteiger partial charge in [-0.25, -0.2) is 4.79 Å². The van der Waals surface area contributed by atoms with Gasteiger partial charge in [-0.2, -0.15) is 0 Å². The molecule has 3 rings (SSSR count). The van der Waals surface area contributed by atoms with Crippen molar-refractivity contribution in [3.8, 4) is 0 Å². The zero-order chi connectivity index (χ0) is 19.9. The largest absolute Gasteiger partial charge is 0.345 e. The van der Waals surface area contributed by atoms with Crippen molar-refractivity contribution in [2.45, 2.75) is 46.4 Å². The van der Waals surface area contributed by atoms with E-state index >= 15 is 0 Å². The van der Waals surface area contributed by atoms with Gasteiger partial charge < -0.3 is 14.8 Å². The smallest absolute Gasteiger partial charge is 0.318 e. The summed E-state index contributed by atoms with van der Waals surface area (Å²) in [5, 5.41) is 3.05. The number of hydrogen-bond donors (Lipinski definition) is 1. The van der Waals surface area contributed by atoms with Gasteiger partial charge >= 0.3 is 6.03 Å². The number of aromatic nitrogens is 1. The van der Waals surface area contributed by atoms with Crippen molar-refractivity contribution in [3.05, 3.63) is 95.3 Å². The van der Waals surface area contributed by atoms with Gasteiger partial charge in [0.15, 0.2) is 0 Å². The van der Waals surface area contributed by atoms with E-state index in [9.17, 15) is 4.79 Å². The van der Waals surface area contributed by atoms with Crippen LogP contribution in [0.3, 0.4) is 0 Å². The highest BCUT2D eigenvalue weighted by Gasteiger charge is 2.18. The third-order valence-electron chi connectivity index (χ3n) is 4.90. The standard InChI is InChI=1S/C24H29N3O/c1-19(2)27(24(28)25-16-21-8-5-4-6-9-21)18-23-10-7-15-26(23)17-22-13-11-20(3)12-14-22/h4-15,19H,16-18H2,1-3H3,(H,25,28). The van der Waals surface area contributed by atoms with E-state index in [4.69, 9.17) is 0 Å². The molecule has 1 heterocycles. The van der Waals surface area contributed by atoms with Gasteiger partial charge in [-0.1, -0.05) is 60.2 Å². The Kier molecular flexibility index (Phi) is 6.53. The minimum Gasteiger partial charge on any atom is -0.345 e. The number of carbonyl (C=O) groups is 1. The molecule has 0 saturated heterocycles. The van der Waals surface area contributed by atoms with Crippen molar-refractivity contribution in [1.82, 2.24) is 14.8 Å². The molecular formula is C24H29N3O. The molecule has 0 spiro atoms. The number of urea groups is 1. The molecule has 0 aliphatic carbocycles. The lowest BCUT2D eigenvalue weighted by atomic mass is 10.1. The summed E-state index contributed by atoms with van der Waals surface area (Å²) >= 11 is 0. The van der Waals surface area contributed by atoms with Gasteiger partial charge in [0.05, 0.1) is 6.54 Å². The highest BCUT2D eigenvalue weighted by atomic mass is 16.2. The Hall–Kier alpha value is -3.01. The molecule has 1 N–H and O–H groups in total. The SMILES string of the molecule is Cc1ccc(Cn2cccc2CN(C(=O)NCc2ccccc2)C(C)C)cc1. The average molecular weight is 376 g/mol. The molecule has 0 radical (unpaired) electrons. The summed E-state index contributed by atoms with van der Waals surface area (Å²) < 4.78 is 2.21. The quantitative estimate of drug-likeness (QED) is 0.622. The van der Waals surface area contributed by atoms with Crippen LogP contribution in [-0.4, -0.2) is 21.5 Å². The first-order chi connectivity index (χ1) is 13.5. The topological polar surface area (TPSA) is 37.3 Å². The molecule has 28 heavy (non-hydrogen) atoms. The Labute approximate surface area is 167 Å². The fourth-order valence-corrected chi connectivity index (χ4v) is 3.18. The van der Waals surface area contributed by atoms with Gasteiger partial charge in [-0.3, -0.25) is 0 Å². The fraction of sp³-hybridized carbons (Fsp3) is 0.292. The summed E-state index contributed by atoms with van der Waals surface area (Å²) in [5.41, 5.74) is 4.75. The lowest BCUT2D eigenvalue weighted by Crippen LogP contribution is -2.43. The third-order valence-corrected chi connectivity index (χ3v) is 4.90. The van der Waals surface area contributed by atoms with Crippen LogP contribution in [-0.2, 0) is 19.6 Å². The van der Waals surface area contributed by atoms with Crippen LogP contribution in [0.1, 0.15) is 36.2 Å². The van der Waals surface area contributed by atoms with Crippen LogP contribution in [0.4, 0.5) is 4.79 Å². The molecule has 0 aliphatic heterocycles. The van der Waals surface area contributed by atoms with Crippen LogP contribution in [0.5, 0.6) is 0 Å². The zero-order valence-electron chi connectivity index (χ0n) is 16.9. The van der Waals surface area contributed by atoms with Crippen molar-refractivity contribution in [1.29, 1.82) is 0 Å². The first kappa shape index (κ1) is 19.7. The lowest BCUT2D eigenvalue weighted by Gasteiger charge is -2.27.